The molecule has 1 rings (SSSR count). The molecule has 1 aliphatic heterocycles. The number of aliphatic imine (C=N–C) groups is 2. The average molecular weight is 242 g/mol. The van der Waals surface area contributed by atoms with Gasteiger partial charge in [0.05, 0.1) is 18.8 Å². The van der Waals surface area contributed by atoms with E-state index in [4.69, 9.17) is 0 Å². The Hall–Kier alpha value is -1.17. The summed E-state index contributed by atoms with van der Waals surface area (Å²) in [6.45, 7) is 3.73. The van der Waals surface area contributed by atoms with E-state index < -0.39 is 0 Å². The largest absolute Gasteiger partial charge is 0.468 e. The van der Waals surface area contributed by atoms with Crippen LogP contribution in [0.4, 0.5) is 0 Å². The van der Waals surface area contributed by atoms with Crippen LogP contribution in [-0.2, 0) is 14.3 Å². The maximum Gasteiger partial charge on any atom is 0.316 e. The lowest BCUT2D eigenvalue weighted by Gasteiger charge is -2.15. The first-order chi connectivity index (χ1) is 7.58. The van der Waals surface area contributed by atoms with Crippen molar-refractivity contribution in [3.8, 4) is 0 Å². The molecule has 1 unspecified atom stereocenters. The Morgan fingerprint density at radius 3 is 2.69 bits per heavy atom. The minimum Gasteiger partial charge on any atom is -0.468 e. The third kappa shape index (κ3) is 3.16. The van der Waals surface area contributed by atoms with Crippen molar-refractivity contribution >= 4 is 34.5 Å². The number of thioether (sulfide) groups is 1. The van der Waals surface area contributed by atoms with Crippen LogP contribution in [0.5, 0.6) is 0 Å². The van der Waals surface area contributed by atoms with E-state index in [0.717, 1.165) is 17.5 Å². The fourth-order valence-corrected chi connectivity index (χ4v) is 2.05. The van der Waals surface area contributed by atoms with Gasteiger partial charge in [0.25, 0.3) is 5.91 Å². The number of rotatable bonds is 3. The topological polar surface area (TPSA) is 68.1 Å². The summed E-state index contributed by atoms with van der Waals surface area (Å²) in [4.78, 5) is 30.5. The molecule has 0 saturated heterocycles. The summed E-state index contributed by atoms with van der Waals surface area (Å²) in [7, 11) is 1.32. The Morgan fingerprint density at radius 1 is 1.50 bits per heavy atom. The number of amidine groups is 1. The molecule has 0 fully saturated rings. The Bertz CT molecular complexity index is 363. The number of esters is 1. The van der Waals surface area contributed by atoms with Gasteiger partial charge in [-0.15, -0.1) is 0 Å². The van der Waals surface area contributed by atoms with E-state index in [0.29, 0.717) is 11.6 Å². The maximum absolute atomic E-state index is 11.6. The Kier molecular flexibility index (Phi) is 4.67. The van der Waals surface area contributed by atoms with E-state index in [1.54, 1.807) is 6.92 Å². The maximum atomic E-state index is 11.6. The molecule has 0 spiro atoms. The van der Waals surface area contributed by atoms with Crippen LogP contribution in [0, 0.1) is 5.92 Å². The molecular formula is C10H14N2O3S. The Labute approximate surface area is 98.4 Å². The van der Waals surface area contributed by atoms with Crippen LogP contribution >= 0.6 is 11.8 Å². The summed E-state index contributed by atoms with van der Waals surface area (Å²) < 4.78 is 4.49. The molecule has 0 aliphatic carbocycles. The number of amides is 1. The number of carbonyl (C=O) groups excluding carboxylic acids is 2. The third-order valence-corrected chi connectivity index (χ3v) is 3.06. The van der Waals surface area contributed by atoms with Crippen molar-refractivity contribution < 1.29 is 14.3 Å². The first-order valence-corrected chi connectivity index (χ1v) is 5.94. The van der Waals surface area contributed by atoms with Gasteiger partial charge in [-0.2, -0.15) is 4.99 Å². The van der Waals surface area contributed by atoms with Gasteiger partial charge in [-0.25, -0.2) is 4.99 Å². The Morgan fingerprint density at radius 2 is 2.19 bits per heavy atom. The van der Waals surface area contributed by atoms with Crippen molar-refractivity contribution in [1.29, 1.82) is 0 Å². The van der Waals surface area contributed by atoms with Crippen LogP contribution in [0.1, 0.15) is 20.3 Å². The van der Waals surface area contributed by atoms with Crippen LogP contribution in [-0.4, -0.2) is 35.6 Å². The van der Waals surface area contributed by atoms with Gasteiger partial charge in [-0.3, -0.25) is 9.59 Å². The molecule has 0 aromatic carbocycles. The van der Waals surface area contributed by atoms with Gasteiger partial charge in [0.2, 0.25) is 0 Å². The summed E-state index contributed by atoms with van der Waals surface area (Å²) in [5.41, 5.74) is 0.759. The van der Waals surface area contributed by atoms with Crippen LogP contribution in [0.15, 0.2) is 9.98 Å². The van der Waals surface area contributed by atoms with Crippen molar-refractivity contribution in [2.24, 2.45) is 15.9 Å². The van der Waals surface area contributed by atoms with Crippen molar-refractivity contribution in [3.63, 3.8) is 0 Å². The lowest BCUT2D eigenvalue weighted by Crippen LogP contribution is -2.25. The fraction of sp³-hybridized carbons (Fsp3) is 0.600. The van der Waals surface area contributed by atoms with Gasteiger partial charge >= 0.3 is 5.97 Å². The summed E-state index contributed by atoms with van der Waals surface area (Å²) in [6, 6.07) is 0. The highest BCUT2D eigenvalue weighted by atomic mass is 32.2. The van der Waals surface area contributed by atoms with Gasteiger partial charge in [0.15, 0.2) is 5.17 Å². The molecule has 16 heavy (non-hydrogen) atoms. The first-order valence-electron chi connectivity index (χ1n) is 4.95. The molecule has 5 nitrogen and oxygen atoms in total. The molecule has 0 aromatic heterocycles. The molecule has 88 valence electrons. The number of carbonyl (C=O) groups is 2. The summed E-state index contributed by atoms with van der Waals surface area (Å²) in [5, 5.41) is 0.345. The lowest BCUT2D eigenvalue weighted by molar-refractivity contribution is -0.137. The summed E-state index contributed by atoms with van der Waals surface area (Å²) >= 11 is 1.12. The second-order valence-corrected chi connectivity index (χ2v) is 4.25. The normalized spacial score (nSPS) is 20.2. The predicted molar refractivity (Wildman–Crippen MR) is 63.8 cm³/mol. The van der Waals surface area contributed by atoms with Crippen molar-refractivity contribution in [2.75, 3.05) is 12.9 Å². The average Bonchev–Trinajstić information content (AvgIpc) is 2.25. The van der Waals surface area contributed by atoms with Gasteiger partial charge in [-0.05, 0) is 13.3 Å². The quantitative estimate of drug-likeness (QED) is 0.699. The molecule has 6 heteroatoms. The van der Waals surface area contributed by atoms with Gasteiger partial charge in [0, 0.05) is 5.71 Å². The molecule has 0 N–H and O–H groups in total. The highest BCUT2D eigenvalue weighted by molar-refractivity contribution is 8.14. The van der Waals surface area contributed by atoms with Gasteiger partial charge < -0.3 is 4.74 Å². The lowest BCUT2D eigenvalue weighted by atomic mass is 10.0. The van der Waals surface area contributed by atoms with Gasteiger partial charge in [-0.1, -0.05) is 18.7 Å². The highest BCUT2D eigenvalue weighted by Gasteiger charge is 2.24. The van der Waals surface area contributed by atoms with E-state index in [9.17, 15) is 9.59 Å². The third-order valence-electron chi connectivity index (χ3n) is 2.24. The van der Waals surface area contributed by atoms with Crippen molar-refractivity contribution in [1.82, 2.24) is 0 Å². The second-order valence-electron chi connectivity index (χ2n) is 3.31. The van der Waals surface area contributed by atoms with E-state index in [-0.39, 0.29) is 23.5 Å². The SMILES string of the molecule is CCC1C(=O)N=C(SCC(=O)OC)N=C1C. The predicted octanol–water partition coefficient (Wildman–Crippen LogP) is 1.28. The van der Waals surface area contributed by atoms with Crippen LogP contribution in [0.3, 0.4) is 0 Å². The molecule has 1 atom stereocenters. The molecular weight excluding hydrogens is 228 g/mol. The zero-order chi connectivity index (χ0) is 12.1. The van der Waals surface area contributed by atoms with E-state index in [2.05, 4.69) is 14.7 Å². The van der Waals surface area contributed by atoms with E-state index >= 15 is 0 Å². The number of methoxy groups -OCH3 is 1. The smallest absolute Gasteiger partial charge is 0.316 e. The number of nitrogens with zero attached hydrogens (tertiary/aromatic N) is 2. The highest BCUT2D eigenvalue weighted by Crippen LogP contribution is 2.18. The summed E-state index contributed by atoms with van der Waals surface area (Å²) in [5.74, 6) is -0.619. The molecule has 0 aromatic rings. The monoisotopic (exact) mass is 242 g/mol. The molecule has 1 amide bonds. The Balaban J connectivity index is 2.64. The van der Waals surface area contributed by atoms with Crippen molar-refractivity contribution in [3.05, 3.63) is 0 Å². The fourth-order valence-electron chi connectivity index (χ4n) is 1.32. The zero-order valence-corrected chi connectivity index (χ0v) is 10.3. The molecule has 0 saturated carbocycles. The molecule has 1 aliphatic rings. The standard InChI is InChI=1S/C10H14N2O3S/c1-4-7-6(2)11-10(12-9(7)14)16-5-8(13)15-3/h7H,4-5H2,1-3H3. The minimum atomic E-state index is -0.356. The second kappa shape index (κ2) is 5.79. The van der Waals surface area contributed by atoms with E-state index in [1.165, 1.54) is 7.11 Å². The van der Waals surface area contributed by atoms with Crippen LogP contribution in [0.25, 0.3) is 0 Å². The van der Waals surface area contributed by atoms with E-state index in [1.807, 2.05) is 6.92 Å². The molecule has 1 heterocycles. The molecule has 0 bridgehead atoms. The van der Waals surface area contributed by atoms with Crippen LogP contribution in [0.2, 0.25) is 0 Å². The van der Waals surface area contributed by atoms with Gasteiger partial charge in [0.1, 0.15) is 0 Å². The van der Waals surface area contributed by atoms with Crippen LogP contribution < -0.4 is 0 Å². The first kappa shape index (κ1) is 12.9. The summed E-state index contributed by atoms with van der Waals surface area (Å²) in [6.07, 6.45) is 0.701. The molecule has 0 radical (unpaired) electrons. The number of ether oxygens (including phenoxy) is 1. The minimum absolute atomic E-state index is 0.121. The number of hydrogen-bond acceptors (Lipinski definition) is 5. The van der Waals surface area contributed by atoms with Crippen molar-refractivity contribution in [2.45, 2.75) is 20.3 Å². The zero-order valence-electron chi connectivity index (χ0n) is 9.52. The number of hydrogen-bond donors (Lipinski definition) is 0.